The van der Waals surface area contributed by atoms with Gasteiger partial charge < -0.3 is 10.4 Å². The van der Waals surface area contributed by atoms with Crippen molar-refractivity contribution in [3.8, 4) is 0 Å². The van der Waals surface area contributed by atoms with Gasteiger partial charge in [-0.25, -0.2) is 8.42 Å². The molecule has 0 aromatic carbocycles. The third kappa shape index (κ3) is 5.28. The van der Waals surface area contributed by atoms with Crippen LogP contribution in [0.15, 0.2) is 0 Å². The summed E-state index contributed by atoms with van der Waals surface area (Å²) in [6.07, 6.45) is 2.30. The summed E-state index contributed by atoms with van der Waals surface area (Å²) in [6.45, 7) is 3.87. The molecule has 1 aliphatic heterocycles. The second-order valence-corrected chi connectivity index (χ2v) is 7.49. The highest BCUT2D eigenvalue weighted by atomic mass is 32.2. The smallest absolute Gasteiger partial charge is 0.305 e. The van der Waals surface area contributed by atoms with E-state index in [2.05, 4.69) is 5.32 Å². The molecule has 2 atom stereocenters. The number of nitrogens with one attached hydrogen (secondary N) is 1. The van der Waals surface area contributed by atoms with Crippen molar-refractivity contribution in [1.29, 1.82) is 0 Å². The third-order valence-electron chi connectivity index (χ3n) is 3.49. The van der Waals surface area contributed by atoms with E-state index in [0.29, 0.717) is 25.8 Å². The number of sulfonamides is 1. The Morgan fingerprint density at radius 2 is 2.10 bits per heavy atom. The molecule has 0 saturated carbocycles. The highest BCUT2D eigenvalue weighted by Gasteiger charge is 2.38. The number of carbonyl (C=O) groups is 2. The molecule has 122 valence electrons. The van der Waals surface area contributed by atoms with Gasteiger partial charge in [0.1, 0.15) is 6.04 Å². The molecule has 1 amide bonds. The fourth-order valence-corrected chi connectivity index (χ4v) is 4.32. The van der Waals surface area contributed by atoms with Crippen molar-refractivity contribution in [1.82, 2.24) is 9.62 Å². The minimum atomic E-state index is -3.42. The standard InChI is InChI=1S/C13H24N2O5S/c1-3-4-8-21(19,20)15-7-5-6-11(15)13(18)14-10(2)9-12(16)17/h10-11H,3-9H2,1-2H3,(H,14,18)(H,16,17). The lowest BCUT2D eigenvalue weighted by atomic mass is 10.2. The van der Waals surface area contributed by atoms with Crippen molar-refractivity contribution in [3.05, 3.63) is 0 Å². The highest BCUT2D eigenvalue weighted by Crippen LogP contribution is 2.22. The molecule has 1 rings (SSSR count). The van der Waals surface area contributed by atoms with E-state index < -0.39 is 34.0 Å². The van der Waals surface area contributed by atoms with Gasteiger partial charge in [0.2, 0.25) is 15.9 Å². The van der Waals surface area contributed by atoms with Gasteiger partial charge in [-0.2, -0.15) is 4.31 Å². The number of unbranched alkanes of at least 4 members (excludes halogenated alkanes) is 1. The molecule has 1 saturated heterocycles. The van der Waals surface area contributed by atoms with E-state index in [1.165, 1.54) is 4.31 Å². The minimum absolute atomic E-state index is 0.0535. The van der Waals surface area contributed by atoms with E-state index in [-0.39, 0.29) is 12.2 Å². The summed E-state index contributed by atoms with van der Waals surface area (Å²) in [5.74, 6) is -1.35. The second-order valence-electron chi connectivity index (χ2n) is 5.45. The summed E-state index contributed by atoms with van der Waals surface area (Å²) in [4.78, 5) is 22.8. The zero-order chi connectivity index (χ0) is 16.0. The molecule has 21 heavy (non-hydrogen) atoms. The lowest BCUT2D eigenvalue weighted by molar-refractivity contribution is -0.137. The van der Waals surface area contributed by atoms with Gasteiger partial charge >= 0.3 is 5.97 Å². The van der Waals surface area contributed by atoms with E-state index in [1.54, 1.807) is 6.92 Å². The number of nitrogens with zero attached hydrogens (tertiary/aromatic N) is 1. The van der Waals surface area contributed by atoms with Crippen LogP contribution in [0.4, 0.5) is 0 Å². The first-order valence-corrected chi connectivity index (χ1v) is 8.90. The van der Waals surface area contributed by atoms with Crippen LogP contribution in [0.5, 0.6) is 0 Å². The van der Waals surface area contributed by atoms with Gasteiger partial charge in [0, 0.05) is 12.6 Å². The summed E-state index contributed by atoms with van der Waals surface area (Å²) in [5.41, 5.74) is 0. The Morgan fingerprint density at radius 1 is 1.43 bits per heavy atom. The quantitative estimate of drug-likeness (QED) is 0.680. The maximum Gasteiger partial charge on any atom is 0.305 e. The first-order chi connectivity index (χ1) is 9.77. The lowest BCUT2D eigenvalue weighted by Crippen LogP contribution is -2.49. The van der Waals surface area contributed by atoms with Crippen molar-refractivity contribution in [2.75, 3.05) is 12.3 Å². The van der Waals surface area contributed by atoms with Crippen LogP contribution < -0.4 is 5.32 Å². The molecule has 0 bridgehead atoms. The van der Waals surface area contributed by atoms with Crippen LogP contribution in [0.25, 0.3) is 0 Å². The first-order valence-electron chi connectivity index (χ1n) is 7.29. The molecule has 2 N–H and O–H groups in total. The van der Waals surface area contributed by atoms with E-state index in [1.807, 2.05) is 6.92 Å². The van der Waals surface area contributed by atoms with Gasteiger partial charge in [0.25, 0.3) is 0 Å². The molecule has 0 aromatic rings. The largest absolute Gasteiger partial charge is 0.481 e. The molecule has 1 aliphatic rings. The number of carboxylic acid groups (broad SMARTS) is 1. The molecule has 0 spiro atoms. The van der Waals surface area contributed by atoms with Crippen LogP contribution in [-0.4, -0.2) is 54.1 Å². The summed E-state index contributed by atoms with van der Waals surface area (Å²) >= 11 is 0. The minimum Gasteiger partial charge on any atom is -0.481 e. The maximum atomic E-state index is 12.2. The molecule has 2 unspecified atom stereocenters. The number of carbonyl (C=O) groups excluding carboxylic acids is 1. The van der Waals surface area contributed by atoms with Crippen LogP contribution in [0.2, 0.25) is 0 Å². The van der Waals surface area contributed by atoms with Crippen LogP contribution >= 0.6 is 0 Å². The van der Waals surface area contributed by atoms with Gasteiger partial charge in [0.15, 0.2) is 0 Å². The zero-order valence-corrected chi connectivity index (χ0v) is 13.4. The molecule has 0 radical (unpaired) electrons. The average Bonchev–Trinajstić information content (AvgIpc) is 2.85. The Labute approximate surface area is 125 Å². The van der Waals surface area contributed by atoms with Gasteiger partial charge in [-0.15, -0.1) is 0 Å². The molecule has 7 nitrogen and oxygen atoms in total. The Morgan fingerprint density at radius 3 is 2.67 bits per heavy atom. The topological polar surface area (TPSA) is 104 Å². The van der Waals surface area contributed by atoms with Crippen molar-refractivity contribution in [2.45, 2.75) is 58.0 Å². The van der Waals surface area contributed by atoms with Crippen LogP contribution in [0, 0.1) is 0 Å². The monoisotopic (exact) mass is 320 g/mol. The van der Waals surface area contributed by atoms with Gasteiger partial charge in [-0.1, -0.05) is 13.3 Å². The van der Waals surface area contributed by atoms with Crippen molar-refractivity contribution in [3.63, 3.8) is 0 Å². The second kappa shape index (κ2) is 7.74. The Hall–Kier alpha value is -1.15. The number of hydrogen-bond acceptors (Lipinski definition) is 4. The molecule has 0 aromatic heterocycles. The number of hydrogen-bond donors (Lipinski definition) is 2. The van der Waals surface area contributed by atoms with Crippen molar-refractivity contribution >= 4 is 21.9 Å². The number of carboxylic acids is 1. The van der Waals surface area contributed by atoms with E-state index in [0.717, 1.165) is 6.42 Å². The molecule has 0 aliphatic carbocycles. The Bertz CT molecular complexity index is 477. The molecular formula is C13H24N2O5S. The summed E-state index contributed by atoms with van der Waals surface area (Å²) in [6, 6.07) is -1.22. The summed E-state index contributed by atoms with van der Waals surface area (Å²) in [7, 11) is -3.42. The molecule has 8 heteroatoms. The Balaban J connectivity index is 2.68. The van der Waals surface area contributed by atoms with Gasteiger partial charge in [-0.3, -0.25) is 9.59 Å². The number of amides is 1. The summed E-state index contributed by atoms with van der Waals surface area (Å²) < 4.78 is 25.7. The molecule has 1 heterocycles. The number of aliphatic carboxylic acids is 1. The zero-order valence-electron chi connectivity index (χ0n) is 12.5. The van der Waals surface area contributed by atoms with Gasteiger partial charge in [-0.05, 0) is 26.2 Å². The fourth-order valence-electron chi connectivity index (χ4n) is 2.43. The van der Waals surface area contributed by atoms with Crippen molar-refractivity contribution < 1.29 is 23.1 Å². The third-order valence-corrected chi connectivity index (χ3v) is 5.45. The van der Waals surface area contributed by atoms with E-state index in [4.69, 9.17) is 5.11 Å². The van der Waals surface area contributed by atoms with Crippen LogP contribution in [0.3, 0.4) is 0 Å². The van der Waals surface area contributed by atoms with E-state index >= 15 is 0 Å². The Kier molecular flexibility index (Phi) is 6.60. The predicted molar refractivity (Wildman–Crippen MR) is 78.3 cm³/mol. The van der Waals surface area contributed by atoms with Crippen LogP contribution in [0.1, 0.15) is 46.0 Å². The number of rotatable bonds is 8. The lowest BCUT2D eigenvalue weighted by Gasteiger charge is -2.24. The van der Waals surface area contributed by atoms with Crippen LogP contribution in [-0.2, 0) is 19.6 Å². The normalized spacial score (nSPS) is 21.1. The first kappa shape index (κ1) is 17.9. The highest BCUT2D eigenvalue weighted by molar-refractivity contribution is 7.89. The van der Waals surface area contributed by atoms with Crippen molar-refractivity contribution in [2.24, 2.45) is 0 Å². The predicted octanol–water partition coefficient (Wildman–Crippen LogP) is 0.560. The average molecular weight is 320 g/mol. The molecule has 1 fully saturated rings. The van der Waals surface area contributed by atoms with E-state index in [9.17, 15) is 18.0 Å². The maximum absolute atomic E-state index is 12.2. The molecular weight excluding hydrogens is 296 g/mol. The van der Waals surface area contributed by atoms with Gasteiger partial charge in [0.05, 0.1) is 12.2 Å². The SMILES string of the molecule is CCCCS(=O)(=O)N1CCCC1C(=O)NC(C)CC(=O)O. The fraction of sp³-hybridized carbons (Fsp3) is 0.846. The summed E-state index contributed by atoms with van der Waals surface area (Å²) in [5, 5.41) is 11.3.